The summed E-state index contributed by atoms with van der Waals surface area (Å²) in [6.45, 7) is 2.08. The van der Waals surface area contributed by atoms with Crippen LogP contribution in [0, 0.1) is 0 Å². The van der Waals surface area contributed by atoms with Crippen LogP contribution in [-0.4, -0.2) is 35.7 Å². The molecule has 1 aromatic carbocycles. The molecule has 0 atom stereocenters. The first-order chi connectivity index (χ1) is 9.19. The van der Waals surface area contributed by atoms with E-state index in [0.29, 0.717) is 19.2 Å². The van der Waals surface area contributed by atoms with Crippen molar-refractivity contribution in [3.8, 4) is 0 Å². The average molecular weight is 263 g/mol. The van der Waals surface area contributed by atoms with Crippen LogP contribution in [0.2, 0.25) is 0 Å². The lowest BCUT2D eigenvalue weighted by molar-refractivity contribution is -0.137. The molecule has 0 aliphatic heterocycles. The number of rotatable bonds is 8. The van der Waals surface area contributed by atoms with Crippen LogP contribution in [0.3, 0.4) is 0 Å². The topological polar surface area (TPSA) is 49.8 Å². The van der Waals surface area contributed by atoms with Gasteiger partial charge in [-0.2, -0.15) is 0 Å². The third kappa shape index (κ3) is 4.65. The predicted molar refractivity (Wildman–Crippen MR) is 72.8 cm³/mol. The number of aliphatic carboxylic acids is 1. The Bertz CT molecular complexity index is 429. The summed E-state index contributed by atoms with van der Waals surface area (Å²) >= 11 is 0. The van der Waals surface area contributed by atoms with Gasteiger partial charge in [0.1, 0.15) is 0 Å². The Morgan fingerprint density at radius 2 is 2.16 bits per heavy atom. The number of carboxylic acids is 1. The number of carbonyl (C=O) groups is 1. The Morgan fingerprint density at radius 3 is 2.79 bits per heavy atom. The summed E-state index contributed by atoms with van der Waals surface area (Å²) in [6, 6.07) is 8.89. The quantitative estimate of drug-likeness (QED) is 0.781. The van der Waals surface area contributed by atoms with E-state index in [1.54, 1.807) is 7.11 Å². The molecule has 0 saturated heterocycles. The number of carboxylic acid groups (broad SMARTS) is 1. The second-order valence-electron chi connectivity index (χ2n) is 5.10. The van der Waals surface area contributed by atoms with E-state index in [1.807, 2.05) is 12.1 Å². The maximum atomic E-state index is 10.7. The van der Waals surface area contributed by atoms with Crippen LogP contribution in [0.5, 0.6) is 0 Å². The summed E-state index contributed by atoms with van der Waals surface area (Å²) in [4.78, 5) is 13.0. The number of hydrogen-bond donors (Lipinski definition) is 1. The number of methoxy groups -OCH3 is 1. The molecule has 0 bridgehead atoms. The van der Waals surface area contributed by atoms with Gasteiger partial charge in [-0.1, -0.05) is 24.3 Å². The minimum absolute atomic E-state index is 0.217. The van der Waals surface area contributed by atoms with E-state index in [-0.39, 0.29) is 6.42 Å². The van der Waals surface area contributed by atoms with Gasteiger partial charge in [-0.3, -0.25) is 9.69 Å². The number of hydrogen-bond acceptors (Lipinski definition) is 3. The van der Waals surface area contributed by atoms with Crippen LogP contribution in [0.15, 0.2) is 24.3 Å². The lowest BCUT2D eigenvalue weighted by atomic mass is 10.1. The third-order valence-corrected chi connectivity index (χ3v) is 3.36. The predicted octanol–water partition coefficient (Wildman–Crippen LogP) is 2.27. The maximum Gasteiger partial charge on any atom is 0.304 e. The van der Waals surface area contributed by atoms with E-state index in [1.165, 1.54) is 18.4 Å². The fraction of sp³-hybridized carbons (Fsp3) is 0.533. The van der Waals surface area contributed by atoms with Gasteiger partial charge in [0.2, 0.25) is 0 Å². The Labute approximate surface area is 114 Å². The second kappa shape index (κ2) is 6.68. The largest absolute Gasteiger partial charge is 0.481 e. The van der Waals surface area contributed by atoms with Crippen LogP contribution >= 0.6 is 0 Å². The normalized spacial score (nSPS) is 14.8. The van der Waals surface area contributed by atoms with Gasteiger partial charge in [-0.15, -0.1) is 0 Å². The molecule has 0 radical (unpaired) electrons. The van der Waals surface area contributed by atoms with Crippen LogP contribution in [0.25, 0.3) is 0 Å². The van der Waals surface area contributed by atoms with E-state index >= 15 is 0 Å². The molecule has 4 heteroatoms. The monoisotopic (exact) mass is 263 g/mol. The van der Waals surface area contributed by atoms with Crippen molar-refractivity contribution in [2.75, 3.05) is 13.7 Å². The molecule has 1 aromatic rings. The molecule has 0 aromatic heterocycles. The summed E-state index contributed by atoms with van der Waals surface area (Å²) in [7, 11) is 1.69. The molecular weight excluding hydrogens is 242 g/mol. The van der Waals surface area contributed by atoms with Crippen molar-refractivity contribution in [1.82, 2.24) is 4.90 Å². The summed E-state index contributed by atoms with van der Waals surface area (Å²) in [5.74, 6) is -0.723. The number of benzene rings is 1. The van der Waals surface area contributed by atoms with Gasteiger partial charge in [0.05, 0.1) is 13.0 Å². The van der Waals surface area contributed by atoms with Crippen molar-refractivity contribution < 1.29 is 14.6 Å². The van der Waals surface area contributed by atoms with E-state index in [4.69, 9.17) is 9.84 Å². The van der Waals surface area contributed by atoms with E-state index in [0.717, 1.165) is 12.1 Å². The van der Waals surface area contributed by atoms with Crippen molar-refractivity contribution in [1.29, 1.82) is 0 Å². The second-order valence-corrected chi connectivity index (χ2v) is 5.10. The van der Waals surface area contributed by atoms with Gasteiger partial charge in [-0.05, 0) is 24.0 Å². The summed E-state index contributed by atoms with van der Waals surface area (Å²) in [5.41, 5.74) is 2.39. The summed E-state index contributed by atoms with van der Waals surface area (Å²) in [6.07, 6.45) is 2.60. The standard InChI is InChI=1S/C15H21NO3/c1-19-11-13-4-2-3-12(9-13)10-16(14-5-6-14)8-7-15(17)18/h2-4,9,14H,5-8,10-11H2,1H3,(H,17,18). The van der Waals surface area contributed by atoms with Crippen molar-refractivity contribution >= 4 is 5.97 Å². The zero-order valence-electron chi connectivity index (χ0n) is 11.3. The van der Waals surface area contributed by atoms with E-state index < -0.39 is 5.97 Å². The van der Waals surface area contributed by atoms with Crippen molar-refractivity contribution in [3.63, 3.8) is 0 Å². The minimum atomic E-state index is -0.723. The van der Waals surface area contributed by atoms with Gasteiger partial charge < -0.3 is 9.84 Å². The Kier molecular flexibility index (Phi) is 4.93. The Morgan fingerprint density at radius 1 is 1.42 bits per heavy atom. The van der Waals surface area contributed by atoms with Crippen LogP contribution in [0.1, 0.15) is 30.4 Å². The molecule has 1 aliphatic rings. The molecule has 1 fully saturated rings. The Hall–Kier alpha value is -1.39. The molecular formula is C15H21NO3. The Balaban J connectivity index is 1.95. The first-order valence-electron chi connectivity index (χ1n) is 6.71. The molecule has 1 N–H and O–H groups in total. The molecule has 1 aliphatic carbocycles. The minimum Gasteiger partial charge on any atom is -0.481 e. The smallest absolute Gasteiger partial charge is 0.304 e. The van der Waals surface area contributed by atoms with Crippen LogP contribution < -0.4 is 0 Å². The molecule has 1 saturated carbocycles. The van der Waals surface area contributed by atoms with Gasteiger partial charge in [-0.25, -0.2) is 0 Å². The SMILES string of the molecule is COCc1cccc(CN(CCC(=O)O)C2CC2)c1. The fourth-order valence-electron chi connectivity index (χ4n) is 2.29. The highest BCUT2D eigenvalue weighted by Crippen LogP contribution is 2.28. The zero-order valence-corrected chi connectivity index (χ0v) is 11.3. The zero-order chi connectivity index (χ0) is 13.7. The highest BCUT2D eigenvalue weighted by Gasteiger charge is 2.28. The first kappa shape index (κ1) is 14.0. The molecule has 2 rings (SSSR count). The third-order valence-electron chi connectivity index (χ3n) is 3.36. The van der Waals surface area contributed by atoms with Gasteiger partial charge in [0, 0.05) is 26.2 Å². The van der Waals surface area contributed by atoms with Gasteiger partial charge in [0.15, 0.2) is 0 Å². The molecule has 0 heterocycles. The average Bonchev–Trinajstić information content (AvgIpc) is 3.19. The fourth-order valence-corrected chi connectivity index (χ4v) is 2.29. The van der Waals surface area contributed by atoms with Crippen molar-refractivity contribution in [3.05, 3.63) is 35.4 Å². The molecule has 104 valence electrons. The first-order valence-corrected chi connectivity index (χ1v) is 6.71. The molecule has 0 unspecified atom stereocenters. The maximum absolute atomic E-state index is 10.7. The molecule has 19 heavy (non-hydrogen) atoms. The van der Waals surface area contributed by atoms with Crippen molar-refractivity contribution in [2.24, 2.45) is 0 Å². The van der Waals surface area contributed by atoms with Crippen LogP contribution in [0.4, 0.5) is 0 Å². The lowest BCUT2D eigenvalue weighted by Crippen LogP contribution is -2.28. The molecule has 0 amide bonds. The molecule has 0 spiro atoms. The molecule has 4 nitrogen and oxygen atoms in total. The summed E-state index contributed by atoms with van der Waals surface area (Å²) < 4.78 is 5.14. The van der Waals surface area contributed by atoms with Gasteiger partial charge in [0.25, 0.3) is 0 Å². The number of nitrogens with zero attached hydrogens (tertiary/aromatic N) is 1. The highest BCUT2D eigenvalue weighted by molar-refractivity contribution is 5.66. The van der Waals surface area contributed by atoms with Crippen LogP contribution in [-0.2, 0) is 22.7 Å². The van der Waals surface area contributed by atoms with E-state index in [2.05, 4.69) is 17.0 Å². The summed E-state index contributed by atoms with van der Waals surface area (Å²) in [5, 5.41) is 8.80. The van der Waals surface area contributed by atoms with E-state index in [9.17, 15) is 4.79 Å². The number of ether oxygens (including phenoxy) is 1. The van der Waals surface area contributed by atoms with Crippen molar-refractivity contribution in [2.45, 2.75) is 38.5 Å². The van der Waals surface area contributed by atoms with Gasteiger partial charge >= 0.3 is 5.97 Å². The highest BCUT2D eigenvalue weighted by atomic mass is 16.5. The lowest BCUT2D eigenvalue weighted by Gasteiger charge is -2.21.